The van der Waals surface area contributed by atoms with Crippen molar-refractivity contribution >= 4 is 12.6 Å². The molecule has 64 valence electrons. The molecule has 2 bridgehead atoms. The molecular weight excluding hydrogens is 152 g/mol. The van der Waals surface area contributed by atoms with Gasteiger partial charge in [-0.05, 0) is 37.5 Å². The second-order valence-corrected chi connectivity index (χ2v) is 5.68. The van der Waals surface area contributed by atoms with Gasteiger partial charge in [-0.3, -0.25) is 0 Å². The zero-order chi connectivity index (χ0) is 7.90. The largest absolute Gasteiger partial charge is 0.172 e. The minimum absolute atomic E-state index is 0.445. The molecule has 3 atom stereocenters. The van der Waals surface area contributed by atoms with Gasteiger partial charge in [-0.2, -0.15) is 12.6 Å². The van der Waals surface area contributed by atoms with Crippen LogP contribution in [0.4, 0.5) is 0 Å². The maximum atomic E-state index is 4.82. The van der Waals surface area contributed by atoms with Crippen LogP contribution >= 0.6 is 12.6 Å². The van der Waals surface area contributed by atoms with E-state index < -0.39 is 0 Å². The third kappa shape index (κ3) is 1.58. The van der Waals surface area contributed by atoms with E-state index in [0.29, 0.717) is 4.75 Å². The maximum Gasteiger partial charge on any atom is 0.0135 e. The summed E-state index contributed by atoms with van der Waals surface area (Å²) in [6.45, 7) is 2.39. The van der Waals surface area contributed by atoms with Gasteiger partial charge in [-0.15, -0.1) is 0 Å². The van der Waals surface area contributed by atoms with Gasteiger partial charge in [0.15, 0.2) is 0 Å². The van der Waals surface area contributed by atoms with E-state index in [1.165, 1.54) is 38.5 Å². The Labute approximate surface area is 75.2 Å². The molecule has 0 amide bonds. The summed E-state index contributed by atoms with van der Waals surface area (Å²) >= 11 is 4.82. The smallest absolute Gasteiger partial charge is 0.0135 e. The van der Waals surface area contributed by atoms with Crippen LogP contribution in [0.5, 0.6) is 0 Å². The lowest BCUT2D eigenvalue weighted by atomic mass is 9.68. The van der Waals surface area contributed by atoms with Crippen molar-refractivity contribution in [1.82, 2.24) is 0 Å². The maximum absolute atomic E-state index is 4.82. The summed E-state index contributed by atoms with van der Waals surface area (Å²) in [7, 11) is 0. The second-order valence-electron chi connectivity index (χ2n) is 4.73. The third-order valence-corrected chi connectivity index (χ3v) is 3.98. The highest BCUT2D eigenvalue weighted by molar-refractivity contribution is 7.81. The molecule has 2 rings (SSSR count). The van der Waals surface area contributed by atoms with E-state index in [-0.39, 0.29) is 0 Å². The van der Waals surface area contributed by atoms with E-state index >= 15 is 0 Å². The van der Waals surface area contributed by atoms with Gasteiger partial charge in [-0.25, -0.2) is 0 Å². The van der Waals surface area contributed by atoms with Gasteiger partial charge < -0.3 is 0 Å². The van der Waals surface area contributed by atoms with Crippen LogP contribution in [-0.2, 0) is 0 Å². The molecule has 11 heavy (non-hydrogen) atoms. The molecule has 0 aromatic heterocycles. The van der Waals surface area contributed by atoms with E-state index in [2.05, 4.69) is 6.92 Å². The monoisotopic (exact) mass is 170 g/mol. The van der Waals surface area contributed by atoms with Crippen molar-refractivity contribution in [2.45, 2.75) is 50.2 Å². The Kier molecular flexibility index (Phi) is 1.95. The number of hydrogen-bond donors (Lipinski definition) is 1. The first-order valence-electron chi connectivity index (χ1n) is 4.90. The average molecular weight is 170 g/mol. The fraction of sp³-hybridized carbons (Fsp3) is 1.00. The van der Waals surface area contributed by atoms with Crippen molar-refractivity contribution in [1.29, 1.82) is 0 Å². The molecule has 1 heteroatoms. The molecule has 2 saturated carbocycles. The lowest BCUT2D eigenvalue weighted by molar-refractivity contribution is 0.172. The molecule has 0 nitrogen and oxygen atoms in total. The lowest BCUT2D eigenvalue weighted by Crippen LogP contribution is -2.37. The highest BCUT2D eigenvalue weighted by atomic mass is 32.1. The standard InChI is InChI=1S/C10H18S/c1-8-5-9-3-2-4-10(11,6-8)7-9/h8-9,11H,2-7H2,1H3/t8-,9+,10+/m0/s1. The summed E-state index contributed by atoms with van der Waals surface area (Å²) in [6, 6.07) is 0. The van der Waals surface area contributed by atoms with Crippen molar-refractivity contribution in [2.24, 2.45) is 11.8 Å². The van der Waals surface area contributed by atoms with Crippen LogP contribution in [-0.4, -0.2) is 4.75 Å². The van der Waals surface area contributed by atoms with Crippen LogP contribution in [0.1, 0.15) is 45.4 Å². The van der Waals surface area contributed by atoms with Crippen molar-refractivity contribution in [2.75, 3.05) is 0 Å². The molecule has 0 N–H and O–H groups in total. The van der Waals surface area contributed by atoms with Gasteiger partial charge in [0.2, 0.25) is 0 Å². The van der Waals surface area contributed by atoms with Gasteiger partial charge in [0.05, 0.1) is 0 Å². The lowest BCUT2D eigenvalue weighted by Gasteiger charge is -2.44. The van der Waals surface area contributed by atoms with E-state index in [0.717, 1.165) is 11.8 Å². The number of thiol groups is 1. The highest BCUT2D eigenvalue weighted by Crippen LogP contribution is 2.48. The van der Waals surface area contributed by atoms with Crippen molar-refractivity contribution in [3.8, 4) is 0 Å². The van der Waals surface area contributed by atoms with Gasteiger partial charge in [0.25, 0.3) is 0 Å². The summed E-state index contributed by atoms with van der Waals surface area (Å²) in [5, 5.41) is 0. The molecule has 0 spiro atoms. The van der Waals surface area contributed by atoms with Crippen LogP contribution in [0, 0.1) is 11.8 Å². The Bertz CT molecular complexity index is 151. The zero-order valence-electron chi connectivity index (χ0n) is 7.34. The first kappa shape index (κ1) is 7.97. The molecule has 0 saturated heterocycles. The van der Waals surface area contributed by atoms with E-state index in [4.69, 9.17) is 12.6 Å². The molecule has 0 unspecified atom stereocenters. The summed E-state index contributed by atoms with van der Waals surface area (Å²) in [4.78, 5) is 0. The predicted octanol–water partition coefficient (Wildman–Crippen LogP) is 3.28. The minimum atomic E-state index is 0.445. The van der Waals surface area contributed by atoms with Crippen LogP contribution in [0.25, 0.3) is 0 Å². The van der Waals surface area contributed by atoms with Crippen molar-refractivity contribution in [3.05, 3.63) is 0 Å². The molecule has 0 aromatic rings. The normalized spacial score (nSPS) is 50.7. The number of hydrogen-bond acceptors (Lipinski definition) is 1. The Morgan fingerprint density at radius 1 is 1.36 bits per heavy atom. The van der Waals surface area contributed by atoms with Crippen molar-refractivity contribution in [3.63, 3.8) is 0 Å². The Balaban J connectivity index is 2.09. The van der Waals surface area contributed by atoms with Crippen LogP contribution in [0.15, 0.2) is 0 Å². The third-order valence-electron chi connectivity index (χ3n) is 3.39. The topological polar surface area (TPSA) is 0 Å². The Hall–Kier alpha value is 0.350. The van der Waals surface area contributed by atoms with Gasteiger partial charge in [0.1, 0.15) is 0 Å². The van der Waals surface area contributed by atoms with Gasteiger partial charge in [-0.1, -0.05) is 19.8 Å². The molecule has 0 heterocycles. The van der Waals surface area contributed by atoms with E-state index in [1.54, 1.807) is 0 Å². The van der Waals surface area contributed by atoms with Gasteiger partial charge >= 0.3 is 0 Å². The molecular formula is C10H18S. The fourth-order valence-electron chi connectivity index (χ4n) is 3.15. The molecule has 2 fully saturated rings. The molecule has 0 aliphatic heterocycles. The molecule has 2 aliphatic rings. The van der Waals surface area contributed by atoms with Crippen molar-refractivity contribution < 1.29 is 0 Å². The summed E-state index contributed by atoms with van der Waals surface area (Å²) < 4.78 is 0.445. The predicted molar refractivity (Wildman–Crippen MR) is 52.1 cm³/mol. The van der Waals surface area contributed by atoms with Crippen LogP contribution in [0.2, 0.25) is 0 Å². The number of rotatable bonds is 0. The number of fused-ring (bicyclic) bond motifs is 2. The summed E-state index contributed by atoms with van der Waals surface area (Å²) in [6.07, 6.45) is 8.53. The van der Waals surface area contributed by atoms with Gasteiger partial charge in [0, 0.05) is 4.75 Å². The Morgan fingerprint density at radius 3 is 2.91 bits per heavy atom. The quantitative estimate of drug-likeness (QED) is 0.530. The molecule has 0 radical (unpaired) electrons. The SMILES string of the molecule is C[C@H]1C[C@H]2CCC[C@@](S)(C1)C2. The first-order chi connectivity index (χ1) is 5.18. The highest BCUT2D eigenvalue weighted by Gasteiger charge is 2.38. The molecule has 2 aliphatic carbocycles. The summed E-state index contributed by atoms with van der Waals surface area (Å²) in [5.41, 5.74) is 0. The Morgan fingerprint density at radius 2 is 2.18 bits per heavy atom. The minimum Gasteiger partial charge on any atom is -0.172 e. The van der Waals surface area contributed by atoms with Crippen LogP contribution in [0.3, 0.4) is 0 Å². The van der Waals surface area contributed by atoms with Crippen LogP contribution < -0.4 is 0 Å². The summed E-state index contributed by atoms with van der Waals surface area (Å²) in [5.74, 6) is 1.96. The first-order valence-corrected chi connectivity index (χ1v) is 5.35. The second kappa shape index (κ2) is 2.69. The van der Waals surface area contributed by atoms with E-state index in [1.807, 2.05) is 0 Å². The molecule has 0 aromatic carbocycles. The zero-order valence-corrected chi connectivity index (χ0v) is 8.24. The van der Waals surface area contributed by atoms with E-state index in [9.17, 15) is 0 Å². The average Bonchev–Trinajstić information content (AvgIpc) is 1.82. The fourth-order valence-corrected chi connectivity index (χ4v) is 3.88.